The van der Waals surface area contributed by atoms with Crippen LogP contribution in [0.3, 0.4) is 0 Å². The molecule has 0 radical (unpaired) electrons. The largest absolute Gasteiger partial charge is 0.325 e. The van der Waals surface area contributed by atoms with Gasteiger partial charge in [0, 0.05) is 5.69 Å². The number of nitrogens with zero attached hydrogens (tertiary/aromatic N) is 3. The van der Waals surface area contributed by atoms with Crippen molar-refractivity contribution in [2.75, 3.05) is 22.4 Å². The van der Waals surface area contributed by atoms with Gasteiger partial charge >= 0.3 is 0 Å². The van der Waals surface area contributed by atoms with Gasteiger partial charge in [-0.3, -0.25) is 9.10 Å². The Morgan fingerprint density at radius 2 is 1.72 bits per heavy atom. The molecular formula is C17H14N4O3S. The summed E-state index contributed by atoms with van der Waals surface area (Å²) in [5.74, 6) is -0.544. The summed E-state index contributed by atoms with van der Waals surface area (Å²) in [6, 6.07) is 16.1. The van der Waals surface area contributed by atoms with E-state index in [4.69, 9.17) is 10.5 Å². The van der Waals surface area contributed by atoms with Crippen LogP contribution in [0.25, 0.3) is 0 Å². The van der Waals surface area contributed by atoms with Crippen LogP contribution >= 0.6 is 0 Å². The highest BCUT2D eigenvalue weighted by Gasteiger charge is 2.21. The Hall–Kier alpha value is -3.36. The number of anilines is 2. The van der Waals surface area contributed by atoms with Gasteiger partial charge in [-0.15, -0.1) is 0 Å². The molecule has 0 aliphatic heterocycles. The Morgan fingerprint density at radius 3 is 2.28 bits per heavy atom. The van der Waals surface area contributed by atoms with Crippen molar-refractivity contribution in [3.05, 3.63) is 59.7 Å². The van der Waals surface area contributed by atoms with Crippen molar-refractivity contribution in [2.45, 2.75) is 0 Å². The third-order valence-electron chi connectivity index (χ3n) is 3.25. The van der Waals surface area contributed by atoms with E-state index >= 15 is 0 Å². The third-order valence-corrected chi connectivity index (χ3v) is 4.39. The number of carbonyl (C=O) groups is 1. The van der Waals surface area contributed by atoms with Crippen LogP contribution in [0.5, 0.6) is 0 Å². The fraction of sp³-hybridized carbons (Fsp3) is 0.118. The first-order chi connectivity index (χ1) is 11.8. The molecule has 0 aliphatic rings. The number of amides is 1. The Balaban J connectivity index is 2.21. The molecule has 126 valence electrons. The number of hydrogen-bond acceptors (Lipinski definition) is 5. The van der Waals surface area contributed by atoms with Gasteiger partial charge in [-0.2, -0.15) is 10.5 Å². The monoisotopic (exact) mass is 354 g/mol. The Bertz CT molecular complexity index is 970. The molecule has 0 saturated carbocycles. The summed E-state index contributed by atoms with van der Waals surface area (Å²) < 4.78 is 25.0. The van der Waals surface area contributed by atoms with Crippen molar-refractivity contribution in [3.63, 3.8) is 0 Å². The van der Waals surface area contributed by atoms with Crippen molar-refractivity contribution in [1.29, 1.82) is 10.5 Å². The summed E-state index contributed by atoms with van der Waals surface area (Å²) in [7, 11) is -3.72. The first kappa shape index (κ1) is 18.0. The molecule has 0 heterocycles. The van der Waals surface area contributed by atoms with E-state index in [2.05, 4.69) is 5.32 Å². The normalized spacial score (nSPS) is 10.4. The molecule has 0 spiro atoms. The number of benzene rings is 2. The molecule has 1 N–H and O–H groups in total. The summed E-state index contributed by atoms with van der Waals surface area (Å²) in [5, 5.41) is 20.3. The topological polar surface area (TPSA) is 114 Å². The molecule has 2 aromatic rings. The zero-order valence-electron chi connectivity index (χ0n) is 13.3. The van der Waals surface area contributed by atoms with Gasteiger partial charge in [0.1, 0.15) is 6.54 Å². The van der Waals surface area contributed by atoms with Gasteiger partial charge in [-0.1, -0.05) is 6.07 Å². The SMILES string of the molecule is CS(=O)(=O)N(CC(=O)Nc1ccc(C#N)cc1)c1cccc(C#N)c1. The summed E-state index contributed by atoms with van der Waals surface area (Å²) in [6.45, 7) is -0.437. The number of nitrogens with one attached hydrogen (secondary N) is 1. The molecule has 7 nitrogen and oxygen atoms in total. The Labute approximate surface area is 145 Å². The summed E-state index contributed by atoms with van der Waals surface area (Å²) in [5.41, 5.74) is 1.42. The van der Waals surface area contributed by atoms with Crippen LogP contribution in [0.1, 0.15) is 11.1 Å². The van der Waals surface area contributed by atoms with Gasteiger partial charge in [0.15, 0.2) is 0 Å². The van der Waals surface area contributed by atoms with Gasteiger partial charge < -0.3 is 5.32 Å². The van der Waals surface area contributed by atoms with E-state index in [-0.39, 0.29) is 5.69 Å². The molecule has 0 fully saturated rings. The quantitative estimate of drug-likeness (QED) is 0.880. The van der Waals surface area contributed by atoms with Crippen LogP contribution in [0, 0.1) is 22.7 Å². The second kappa shape index (κ2) is 7.47. The first-order valence-corrected chi connectivity index (χ1v) is 8.96. The average Bonchev–Trinajstić information content (AvgIpc) is 2.59. The fourth-order valence-corrected chi connectivity index (χ4v) is 2.94. The van der Waals surface area contributed by atoms with E-state index in [0.717, 1.165) is 10.6 Å². The van der Waals surface area contributed by atoms with Gasteiger partial charge in [0.25, 0.3) is 0 Å². The molecule has 8 heteroatoms. The highest BCUT2D eigenvalue weighted by atomic mass is 32.2. The second-order valence-electron chi connectivity index (χ2n) is 5.17. The maximum atomic E-state index is 12.2. The van der Waals surface area contributed by atoms with E-state index in [0.29, 0.717) is 16.8 Å². The lowest BCUT2D eigenvalue weighted by molar-refractivity contribution is -0.114. The molecule has 2 rings (SSSR count). The van der Waals surface area contributed by atoms with Gasteiger partial charge in [-0.25, -0.2) is 8.42 Å². The number of sulfonamides is 1. The number of rotatable bonds is 5. The number of carbonyl (C=O) groups excluding carboxylic acids is 1. The molecule has 1 amide bonds. The van der Waals surface area contributed by atoms with Crippen LogP contribution in [-0.2, 0) is 14.8 Å². The molecule has 0 unspecified atom stereocenters. The third kappa shape index (κ3) is 4.80. The maximum absolute atomic E-state index is 12.2. The minimum Gasteiger partial charge on any atom is -0.325 e. The number of nitriles is 2. The second-order valence-corrected chi connectivity index (χ2v) is 7.08. The standard InChI is InChI=1S/C17H14N4O3S/c1-25(23,24)21(16-4-2-3-14(9-16)11-19)12-17(22)20-15-7-5-13(10-18)6-8-15/h2-9H,12H2,1H3,(H,20,22). The van der Waals surface area contributed by atoms with E-state index in [1.165, 1.54) is 12.1 Å². The highest BCUT2D eigenvalue weighted by molar-refractivity contribution is 7.92. The Kier molecular flexibility index (Phi) is 5.38. The molecule has 25 heavy (non-hydrogen) atoms. The van der Waals surface area contributed by atoms with Crippen molar-refractivity contribution in [3.8, 4) is 12.1 Å². The number of hydrogen-bond donors (Lipinski definition) is 1. The minimum atomic E-state index is -3.72. The fourth-order valence-electron chi connectivity index (χ4n) is 2.09. The molecule has 2 aromatic carbocycles. The predicted octanol–water partition coefficient (Wildman–Crippen LogP) is 1.83. The average molecular weight is 354 g/mol. The summed E-state index contributed by atoms with van der Waals surface area (Å²) in [4.78, 5) is 12.2. The van der Waals surface area contributed by atoms with E-state index in [1.54, 1.807) is 36.4 Å². The lowest BCUT2D eigenvalue weighted by Gasteiger charge is -2.22. The minimum absolute atomic E-state index is 0.233. The molecular weight excluding hydrogens is 340 g/mol. The van der Waals surface area contributed by atoms with Crippen LogP contribution in [0.2, 0.25) is 0 Å². The lowest BCUT2D eigenvalue weighted by Crippen LogP contribution is -2.37. The smallest absolute Gasteiger partial charge is 0.245 e. The molecule has 0 bridgehead atoms. The van der Waals surface area contributed by atoms with Gasteiger partial charge in [0.2, 0.25) is 15.9 Å². The van der Waals surface area contributed by atoms with Crippen LogP contribution in [-0.4, -0.2) is 27.1 Å². The maximum Gasteiger partial charge on any atom is 0.245 e. The van der Waals surface area contributed by atoms with Crippen molar-refractivity contribution in [1.82, 2.24) is 0 Å². The predicted molar refractivity (Wildman–Crippen MR) is 93.1 cm³/mol. The summed E-state index contributed by atoms with van der Waals surface area (Å²) in [6.07, 6.45) is 0.987. The summed E-state index contributed by atoms with van der Waals surface area (Å²) >= 11 is 0. The lowest BCUT2D eigenvalue weighted by atomic mass is 10.2. The van der Waals surface area contributed by atoms with Crippen LogP contribution < -0.4 is 9.62 Å². The first-order valence-electron chi connectivity index (χ1n) is 7.11. The molecule has 0 atom stereocenters. The van der Waals surface area contributed by atoms with Crippen LogP contribution in [0.4, 0.5) is 11.4 Å². The van der Waals surface area contributed by atoms with E-state index < -0.39 is 22.5 Å². The highest BCUT2D eigenvalue weighted by Crippen LogP contribution is 2.19. The molecule has 0 saturated heterocycles. The van der Waals surface area contributed by atoms with Gasteiger partial charge in [-0.05, 0) is 42.5 Å². The molecule has 0 aliphatic carbocycles. The zero-order chi connectivity index (χ0) is 18.4. The Morgan fingerprint density at radius 1 is 1.08 bits per heavy atom. The van der Waals surface area contributed by atoms with Crippen LogP contribution in [0.15, 0.2) is 48.5 Å². The molecule has 0 aromatic heterocycles. The van der Waals surface area contributed by atoms with E-state index in [1.807, 2.05) is 12.1 Å². The van der Waals surface area contributed by atoms with Crippen molar-refractivity contribution < 1.29 is 13.2 Å². The van der Waals surface area contributed by atoms with E-state index in [9.17, 15) is 13.2 Å². The van der Waals surface area contributed by atoms with Crippen molar-refractivity contribution >= 4 is 27.3 Å². The van der Waals surface area contributed by atoms with Gasteiger partial charge in [0.05, 0.1) is 35.2 Å². The van der Waals surface area contributed by atoms with Crippen molar-refractivity contribution in [2.24, 2.45) is 0 Å². The zero-order valence-corrected chi connectivity index (χ0v) is 14.1.